The molecule has 0 aliphatic heterocycles. The summed E-state index contributed by atoms with van der Waals surface area (Å²) >= 11 is 7.78. The number of amides is 4. The second-order valence-corrected chi connectivity index (χ2v) is 14.5. The summed E-state index contributed by atoms with van der Waals surface area (Å²) in [5.74, 6) is -3.49. The normalized spacial score (nSPS) is 10.6. The lowest BCUT2D eigenvalue weighted by Crippen LogP contribution is -2.34. The zero-order valence-corrected chi connectivity index (χ0v) is 35.8. The second kappa shape index (κ2) is 18.7. The van der Waals surface area contributed by atoms with Gasteiger partial charge in [0.2, 0.25) is 5.91 Å². The van der Waals surface area contributed by atoms with Crippen LogP contribution in [0.25, 0.3) is 0 Å². The molecule has 2 aromatic rings. The minimum absolute atomic E-state index is 0.0263. The minimum Gasteiger partial charge on any atom is -0.464 e. The van der Waals surface area contributed by atoms with Crippen LogP contribution < -0.4 is 20.9 Å². The van der Waals surface area contributed by atoms with Gasteiger partial charge in [-0.1, -0.05) is 0 Å². The van der Waals surface area contributed by atoms with Crippen LogP contribution in [0.15, 0.2) is 0 Å². The van der Waals surface area contributed by atoms with Gasteiger partial charge in [-0.05, 0) is 128 Å². The standard InChI is InChI=1S/C31H34I4N4O9/c1-8-47-31(46)19-13(2)18(23(32)20(14(19)3)29(44)37-9-10-48-16(5)41)11-17(42)12-38-30(45)22-24(33)21(28(43)36-6)25(34)27(26(22)35)39(7)15(4)40/h8-12H2,1-7H3,(H,36,43)(H,37,44)(H,38,45). The lowest BCUT2D eigenvalue weighted by molar-refractivity contribution is -0.140. The molecule has 0 saturated heterocycles. The molecule has 48 heavy (non-hydrogen) atoms. The molecule has 0 aromatic heterocycles. The number of hydrogen-bond donors (Lipinski definition) is 3. The van der Waals surface area contributed by atoms with Crippen molar-refractivity contribution < 1.29 is 43.0 Å². The Balaban J connectivity index is 2.51. The molecule has 0 aliphatic carbocycles. The highest BCUT2D eigenvalue weighted by molar-refractivity contribution is 14.1. The summed E-state index contributed by atoms with van der Waals surface area (Å²) in [5.41, 5.74) is 2.30. The van der Waals surface area contributed by atoms with E-state index in [0.29, 0.717) is 36.7 Å². The summed E-state index contributed by atoms with van der Waals surface area (Å²) in [7, 11) is 3.00. The highest BCUT2D eigenvalue weighted by Crippen LogP contribution is 2.37. The summed E-state index contributed by atoms with van der Waals surface area (Å²) in [6.07, 6.45) is -0.229. The van der Waals surface area contributed by atoms with E-state index in [1.165, 1.54) is 32.8 Å². The minimum atomic E-state index is -0.652. The van der Waals surface area contributed by atoms with E-state index in [2.05, 4.69) is 16.0 Å². The lowest BCUT2D eigenvalue weighted by atomic mass is 9.90. The highest BCUT2D eigenvalue weighted by Gasteiger charge is 2.31. The van der Waals surface area contributed by atoms with E-state index in [0.717, 1.165) is 0 Å². The number of rotatable bonds is 13. The fourth-order valence-corrected chi connectivity index (χ4v) is 10.7. The SMILES string of the molecule is CCOC(=O)c1c(C)c(CC(=O)CNC(=O)c2c(I)c(C(=O)NC)c(I)c(N(C)C(C)=O)c2I)c(I)c(C(=O)NCCOC(C)=O)c1C. The molecule has 0 saturated carbocycles. The van der Waals surface area contributed by atoms with Crippen molar-refractivity contribution in [2.75, 3.05) is 45.3 Å². The Morgan fingerprint density at radius 1 is 0.729 bits per heavy atom. The third-order valence-electron chi connectivity index (χ3n) is 7.06. The third kappa shape index (κ3) is 9.75. The van der Waals surface area contributed by atoms with Gasteiger partial charge in [0.05, 0.1) is 54.8 Å². The van der Waals surface area contributed by atoms with Crippen molar-refractivity contribution in [3.05, 3.63) is 53.2 Å². The molecule has 0 bridgehead atoms. The molecule has 0 aliphatic rings. The summed E-state index contributed by atoms with van der Waals surface area (Å²) in [5, 5.41) is 7.88. The molecule has 4 amide bonds. The molecule has 2 rings (SSSR count). The summed E-state index contributed by atoms with van der Waals surface area (Å²) in [6, 6.07) is 0. The Morgan fingerprint density at radius 3 is 1.81 bits per heavy atom. The van der Waals surface area contributed by atoms with Crippen molar-refractivity contribution in [2.45, 2.75) is 41.0 Å². The van der Waals surface area contributed by atoms with Crippen molar-refractivity contribution in [3.8, 4) is 0 Å². The summed E-state index contributed by atoms with van der Waals surface area (Å²) in [6.45, 7) is 7.20. The van der Waals surface area contributed by atoms with E-state index in [-0.39, 0.29) is 54.3 Å². The zero-order chi connectivity index (χ0) is 36.6. The maximum atomic E-state index is 13.6. The van der Waals surface area contributed by atoms with E-state index >= 15 is 0 Å². The monoisotopic (exact) mass is 1110 g/mol. The first-order chi connectivity index (χ1) is 22.4. The van der Waals surface area contributed by atoms with Crippen molar-refractivity contribution in [2.24, 2.45) is 0 Å². The number of ketones is 1. The molecular weight excluding hydrogens is 1080 g/mol. The Hall–Kier alpha value is -2.15. The first kappa shape index (κ1) is 42.0. The number of halogens is 4. The fourth-order valence-electron chi connectivity index (χ4n) is 4.63. The average Bonchev–Trinajstić information content (AvgIpc) is 3.00. The van der Waals surface area contributed by atoms with E-state index in [9.17, 15) is 33.6 Å². The molecule has 260 valence electrons. The number of anilines is 1. The topological polar surface area (TPSA) is 177 Å². The highest BCUT2D eigenvalue weighted by atomic mass is 127. The predicted molar refractivity (Wildman–Crippen MR) is 212 cm³/mol. The van der Waals surface area contributed by atoms with Crippen LogP contribution in [-0.2, 0) is 30.3 Å². The number of esters is 2. The van der Waals surface area contributed by atoms with Gasteiger partial charge in [-0.2, -0.15) is 0 Å². The average molecular weight is 1110 g/mol. The number of carbonyl (C=O) groups is 7. The number of benzene rings is 2. The molecule has 0 fully saturated rings. The maximum Gasteiger partial charge on any atom is 0.338 e. The van der Waals surface area contributed by atoms with Crippen molar-refractivity contribution in [1.82, 2.24) is 16.0 Å². The van der Waals surface area contributed by atoms with E-state index in [4.69, 9.17) is 9.47 Å². The van der Waals surface area contributed by atoms with Crippen LogP contribution in [0, 0.1) is 28.1 Å². The molecule has 3 N–H and O–H groups in total. The molecule has 0 heterocycles. The summed E-state index contributed by atoms with van der Waals surface area (Å²) in [4.78, 5) is 90.9. The third-order valence-corrected chi connectivity index (χ3v) is 11.4. The van der Waals surface area contributed by atoms with Crippen LogP contribution in [-0.4, -0.2) is 81.7 Å². The van der Waals surface area contributed by atoms with Gasteiger partial charge < -0.3 is 30.3 Å². The first-order valence-corrected chi connectivity index (χ1v) is 18.6. The molecular formula is C31H34I4N4O9. The van der Waals surface area contributed by atoms with Gasteiger partial charge in [0.1, 0.15) is 6.61 Å². The Morgan fingerprint density at radius 2 is 1.29 bits per heavy atom. The molecule has 0 spiro atoms. The van der Waals surface area contributed by atoms with Crippen molar-refractivity contribution in [3.63, 3.8) is 0 Å². The van der Waals surface area contributed by atoms with Crippen LogP contribution in [0.3, 0.4) is 0 Å². The number of nitrogens with zero attached hydrogens (tertiary/aromatic N) is 1. The first-order valence-electron chi connectivity index (χ1n) is 14.3. The second-order valence-electron chi connectivity index (χ2n) is 10.2. The van der Waals surface area contributed by atoms with Gasteiger partial charge >= 0.3 is 11.9 Å². The molecule has 13 nitrogen and oxygen atoms in total. The van der Waals surface area contributed by atoms with Crippen LogP contribution in [0.5, 0.6) is 0 Å². The van der Waals surface area contributed by atoms with Gasteiger partial charge in [-0.25, -0.2) is 4.79 Å². The van der Waals surface area contributed by atoms with Crippen LogP contribution >= 0.6 is 90.4 Å². The zero-order valence-electron chi connectivity index (χ0n) is 27.2. The van der Waals surface area contributed by atoms with Crippen LogP contribution in [0.1, 0.15) is 78.9 Å². The largest absolute Gasteiger partial charge is 0.464 e. The van der Waals surface area contributed by atoms with E-state index < -0.39 is 42.0 Å². The van der Waals surface area contributed by atoms with E-state index in [1.807, 2.05) is 90.4 Å². The molecule has 0 unspecified atom stereocenters. The molecule has 0 radical (unpaired) electrons. The maximum absolute atomic E-state index is 13.6. The van der Waals surface area contributed by atoms with Gasteiger partial charge in [0, 0.05) is 41.5 Å². The Labute approximate surface area is 332 Å². The van der Waals surface area contributed by atoms with Gasteiger partial charge in [-0.3, -0.25) is 28.8 Å². The number of Topliss-reactive ketones (excluding diaryl/α,β-unsaturated/α-hetero) is 1. The molecule has 17 heteroatoms. The predicted octanol–water partition coefficient (Wildman–Crippen LogP) is 4.08. The number of ether oxygens (including phenoxy) is 2. The number of hydrogen-bond acceptors (Lipinski definition) is 9. The number of carbonyl (C=O) groups excluding carboxylic acids is 7. The summed E-state index contributed by atoms with van der Waals surface area (Å²) < 4.78 is 11.8. The van der Waals surface area contributed by atoms with Crippen molar-refractivity contribution >= 4 is 137 Å². The van der Waals surface area contributed by atoms with Crippen LogP contribution in [0.2, 0.25) is 0 Å². The molecule has 0 atom stereocenters. The van der Waals surface area contributed by atoms with Crippen LogP contribution in [0.4, 0.5) is 5.69 Å². The van der Waals surface area contributed by atoms with Gasteiger partial charge in [0.25, 0.3) is 17.7 Å². The number of nitrogens with one attached hydrogen (secondary N) is 3. The Bertz CT molecular complexity index is 1700. The van der Waals surface area contributed by atoms with Gasteiger partial charge in [0.15, 0.2) is 5.78 Å². The Kier molecular flexibility index (Phi) is 16.4. The fraction of sp³-hybridized carbons (Fsp3) is 0.387. The van der Waals surface area contributed by atoms with Crippen molar-refractivity contribution in [1.29, 1.82) is 0 Å². The smallest absolute Gasteiger partial charge is 0.338 e. The quantitative estimate of drug-likeness (QED) is 0.152. The molecule has 2 aromatic carbocycles. The van der Waals surface area contributed by atoms with E-state index in [1.54, 1.807) is 20.8 Å². The van der Waals surface area contributed by atoms with Gasteiger partial charge in [-0.15, -0.1) is 0 Å². The lowest BCUT2D eigenvalue weighted by Gasteiger charge is -2.24.